The Labute approximate surface area is 103 Å². The van der Waals surface area contributed by atoms with Gasteiger partial charge in [-0.2, -0.15) is 0 Å². The molecule has 1 aliphatic carbocycles. The Morgan fingerprint density at radius 2 is 1.89 bits per heavy atom. The summed E-state index contributed by atoms with van der Waals surface area (Å²) in [6.07, 6.45) is 0.950. The predicted molar refractivity (Wildman–Crippen MR) is 62.3 cm³/mol. The molecule has 0 aromatic heterocycles. The largest absolute Gasteiger partial charge is 0.480 e. The Morgan fingerprint density at radius 1 is 1.39 bits per heavy atom. The van der Waals surface area contributed by atoms with Gasteiger partial charge in [0.05, 0.1) is 5.25 Å². The zero-order chi connectivity index (χ0) is 13.7. The fourth-order valence-electron chi connectivity index (χ4n) is 2.35. The summed E-state index contributed by atoms with van der Waals surface area (Å²) in [4.78, 5) is 11.1. The molecule has 1 fully saturated rings. The lowest BCUT2D eigenvalue weighted by molar-refractivity contribution is -0.139. The van der Waals surface area contributed by atoms with Crippen molar-refractivity contribution < 1.29 is 22.7 Å². The molecule has 0 heterocycles. The summed E-state index contributed by atoms with van der Waals surface area (Å²) in [7, 11) is -3.59. The topological polar surface area (TPSA) is 97.5 Å². The van der Waals surface area contributed by atoms with Crippen LogP contribution in [0.3, 0.4) is 0 Å². The van der Waals surface area contributed by atoms with Crippen molar-refractivity contribution in [3.63, 3.8) is 0 Å². The molecular formula is C11H12FNO4S. The van der Waals surface area contributed by atoms with E-state index < -0.39 is 38.3 Å². The van der Waals surface area contributed by atoms with Gasteiger partial charge < -0.3 is 10.8 Å². The van der Waals surface area contributed by atoms with Crippen molar-refractivity contribution >= 4 is 15.8 Å². The van der Waals surface area contributed by atoms with E-state index in [4.69, 9.17) is 10.8 Å². The molecule has 0 aliphatic heterocycles. The summed E-state index contributed by atoms with van der Waals surface area (Å²) < 4.78 is 35.9. The summed E-state index contributed by atoms with van der Waals surface area (Å²) >= 11 is 0. The van der Waals surface area contributed by atoms with Gasteiger partial charge in [-0.3, -0.25) is 4.79 Å². The third kappa shape index (κ3) is 1.79. The van der Waals surface area contributed by atoms with E-state index in [9.17, 15) is 17.6 Å². The number of carbonyl (C=O) groups is 1. The Balaban J connectivity index is 2.45. The van der Waals surface area contributed by atoms with Crippen molar-refractivity contribution in [1.29, 1.82) is 0 Å². The van der Waals surface area contributed by atoms with Crippen LogP contribution in [-0.4, -0.2) is 36.5 Å². The quantitative estimate of drug-likeness (QED) is 0.815. The van der Waals surface area contributed by atoms with Crippen LogP contribution in [0.1, 0.15) is 11.5 Å². The fourth-order valence-corrected chi connectivity index (χ4v) is 4.11. The highest BCUT2D eigenvalue weighted by atomic mass is 32.2. The van der Waals surface area contributed by atoms with Gasteiger partial charge in [-0.25, -0.2) is 12.8 Å². The molecule has 0 saturated heterocycles. The summed E-state index contributed by atoms with van der Waals surface area (Å²) in [5.41, 5.74) is 4.25. The van der Waals surface area contributed by atoms with Crippen LogP contribution in [0.2, 0.25) is 0 Å². The van der Waals surface area contributed by atoms with Gasteiger partial charge in [-0.1, -0.05) is 12.1 Å². The third-order valence-corrected chi connectivity index (χ3v) is 4.82. The minimum atomic E-state index is -3.59. The number of nitrogens with two attached hydrogens (primary N) is 1. The van der Waals surface area contributed by atoms with Crippen molar-refractivity contribution in [3.05, 3.63) is 35.6 Å². The van der Waals surface area contributed by atoms with Crippen LogP contribution in [0.15, 0.2) is 24.3 Å². The van der Waals surface area contributed by atoms with E-state index >= 15 is 0 Å². The van der Waals surface area contributed by atoms with Crippen molar-refractivity contribution in [1.82, 2.24) is 0 Å². The molecule has 0 radical (unpaired) electrons. The summed E-state index contributed by atoms with van der Waals surface area (Å²) in [5.74, 6) is -2.69. The number of hydrogen-bond donors (Lipinski definition) is 2. The number of sulfone groups is 1. The predicted octanol–water partition coefficient (Wildman–Crippen LogP) is 0.118. The number of benzene rings is 1. The number of carboxylic acids is 1. The Morgan fingerprint density at radius 3 is 2.22 bits per heavy atom. The van der Waals surface area contributed by atoms with Crippen molar-refractivity contribution in [2.75, 3.05) is 6.26 Å². The van der Waals surface area contributed by atoms with Gasteiger partial charge in [0.1, 0.15) is 11.4 Å². The van der Waals surface area contributed by atoms with Gasteiger partial charge in [-0.15, -0.1) is 0 Å². The minimum absolute atomic E-state index is 0.414. The smallest absolute Gasteiger partial charge is 0.325 e. The highest BCUT2D eigenvalue weighted by Gasteiger charge is 2.73. The zero-order valence-electron chi connectivity index (χ0n) is 9.50. The lowest BCUT2D eigenvalue weighted by Gasteiger charge is -2.04. The van der Waals surface area contributed by atoms with E-state index in [1.165, 1.54) is 12.1 Å². The van der Waals surface area contributed by atoms with Gasteiger partial charge in [0, 0.05) is 12.2 Å². The molecule has 1 aromatic carbocycles. The number of carboxylic acid groups (broad SMARTS) is 1. The average Bonchev–Trinajstić information content (AvgIpc) is 2.87. The van der Waals surface area contributed by atoms with Crippen LogP contribution >= 0.6 is 0 Å². The number of hydrogen-bond acceptors (Lipinski definition) is 4. The van der Waals surface area contributed by atoms with Crippen LogP contribution in [0.4, 0.5) is 4.39 Å². The molecule has 5 nitrogen and oxygen atoms in total. The monoisotopic (exact) mass is 273 g/mol. The van der Waals surface area contributed by atoms with Crippen LogP contribution < -0.4 is 5.73 Å². The number of halogens is 1. The van der Waals surface area contributed by atoms with E-state index in [-0.39, 0.29) is 0 Å². The highest BCUT2D eigenvalue weighted by Crippen LogP contribution is 2.53. The van der Waals surface area contributed by atoms with Crippen molar-refractivity contribution in [3.8, 4) is 0 Å². The maximum atomic E-state index is 12.8. The zero-order valence-corrected chi connectivity index (χ0v) is 10.3. The Kier molecular flexibility index (Phi) is 2.71. The second-order valence-corrected chi connectivity index (χ2v) is 6.68. The second-order valence-electron chi connectivity index (χ2n) is 4.52. The van der Waals surface area contributed by atoms with Gasteiger partial charge in [0.2, 0.25) is 0 Å². The molecule has 2 rings (SSSR count). The first-order chi connectivity index (χ1) is 8.19. The Hall–Kier alpha value is -1.47. The van der Waals surface area contributed by atoms with Crippen LogP contribution in [0.5, 0.6) is 0 Å². The van der Waals surface area contributed by atoms with Crippen LogP contribution in [0.25, 0.3) is 0 Å². The van der Waals surface area contributed by atoms with Crippen molar-refractivity contribution in [2.24, 2.45) is 5.73 Å². The van der Waals surface area contributed by atoms with E-state index in [0.717, 1.165) is 18.4 Å². The third-order valence-electron chi connectivity index (χ3n) is 3.24. The average molecular weight is 273 g/mol. The number of rotatable bonds is 3. The van der Waals surface area contributed by atoms with Gasteiger partial charge in [0.15, 0.2) is 9.84 Å². The molecule has 0 unspecified atom stereocenters. The van der Waals surface area contributed by atoms with E-state index in [2.05, 4.69) is 0 Å². The molecule has 1 aliphatic rings. The van der Waals surface area contributed by atoms with E-state index in [1.54, 1.807) is 0 Å². The van der Waals surface area contributed by atoms with Gasteiger partial charge in [-0.05, 0) is 17.7 Å². The maximum Gasteiger partial charge on any atom is 0.325 e. The molecule has 18 heavy (non-hydrogen) atoms. The van der Waals surface area contributed by atoms with E-state index in [1.807, 2.05) is 0 Å². The first kappa shape index (κ1) is 13.0. The maximum absolute atomic E-state index is 12.8. The molecule has 3 atom stereocenters. The fraction of sp³-hybridized carbons (Fsp3) is 0.364. The standard InChI is InChI=1S/C11H12FNO4S/c1-18(16,17)9-8(11(9,13)10(14)15)6-2-4-7(12)5-3-6/h2-5,8-9H,13H2,1H3,(H,14,15)/t8-,9-,11-/m1/s1. The first-order valence-electron chi connectivity index (χ1n) is 5.15. The normalized spacial score (nSPS) is 31.1. The van der Waals surface area contributed by atoms with E-state index in [0.29, 0.717) is 5.56 Å². The molecule has 1 aromatic rings. The highest BCUT2D eigenvalue weighted by molar-refractivity contribution is 7.91. The van der Waals surface area contributed by atoms with Crippen molar-refractivity contribution in [2.45, 2.75) is 16.7 Å². The molecule has 0 bridgehead atoms. The first-order valence-corrected chi connectivity index (χ1v) is 7.11. The summed E-state index contributed by atoms with van der Waals surface area (Å²) in [6.45, 7) is 0. The summed E-state index contributed by atoms with van der Waals surface area (Å²) in [5, 5.41) is 7.90. The number of aliphatic carboxylic acids is 1. The molecule has 1 saturated carbocycles. The molecule has 98 valence electrons. The SMILES string of the molecule is CS(=O)(=O)[C@@H]1[C@@H](c2ccc(F)cc2)[C@]1(N)C(=O)O. The Bertz CT molecular complexity index is 598. The molecular weight excluding hydrogens is 261 g/mol. The minimum Gasteiger partial charge on any atom is -0.480 e. The van der Waals surface area contributed by atoms with Crippen LogP contribution in [0, 0.1) is 5.82 Å². The molecule has 0 spiro atoms. The lowest BCUT2D eigenvalue weighted by atomic mass is 10.1. The molecule has 3 N–H and O–H groups in total. The molecule has 7 heteroatoms. The lowest BCUT2D eigenvalue weighted by Crippen LogP contribution is -2.39. The van der Waals surface area contributed by atoms with Crippen LogP contribution in [-0.2, 0) is 14.6 Å². The summed E-state index contributed by atoms with van der Waals surface area (Å²) in [6, 6.07) is 5.01. The second kappa shape index (κ2) is 3.76. The molecule has 0 amide bonds. The van der Waals surface area contributed by atoms with Gasteiger partial charge in [0.25, 0.3) is 0 Å². The van der Waals surface area contributed by atoms with Gasteiger partial charge >= 0.3 is 5.97 Å².